The molecule has 1 fully saturated rings. The fourth-order valence-corrected chi connectivity index (χ4v) is 4.24. The van der Waals surface area contributed by atoms with Gasteiger partial charge in [-0.25, -0.2) is 0 Å². The Kier molecular flexibility index (Phi) is 6.79. The van der Waals surface area contributed by atoms with Crippen molar-refractivity contribution in [2.24, 2.45) is 0 Å². The first-order valence-corrected chi connectivity index (χ1v) is 10.6. The van der Waals surface area contributed by atoms with Crippen LogP contribution in [0.3, 0.4) is 0 Å². The lowest BCUT2D eigenvalue weighted by atomic mass is 10.2. The number of methoxy groups -OCH3 is 1. The van der Waals surface area contributed by atoms with E-state index >= 15 is 0 Å². The summed E-state index contributed by atoms with van der Waals surface area (Å²) in [7, 11) is 1.64. The molecule has 0 N–H and O–H groups in total. The predicted molar refractivity (Wildman–Crippen MR) is 112 cm³/mol. The van der Waals surface area contributed by atoms with Gasteiger partial charge in [-0.05, 0) is 38.1 Å². The molecule has 0 saturated carbocycles. The first-order valence-electron chi connectivity index (χ1n) is 9.66. The zero-order chi connectivity index (χ0) is 21.0. The normalized spacial score (nSPS) is 14.4. The Morgan fingerprint density at radius 1 is 1.07 bits per heavy atom. The molecular formula is C20H27N5O3S. The Labute approximate surface area is 175 Å². The molecule has 1 saturated heterocycles. The summed E-state index contributed by atoms with van der Waals surface area (Å²) in [6.07, 6.45) is 0. The lowest BCUT2D eigenvalue weighted by Crippen LogP contribution is -2.50. The van der Waals surface area contributed by atoms with Gasteiger partial charge in [0.2, 0.25) is 11.8 Å². The summed E-state index contributed by atoms with van der Waals surface area (Å²) in [5.41, 5.74) is 0.950. The van der Waals surface area contributed by atoms with Crippen LogP contribution in [0.25, 0.3) is 11.4 Å². The molecule has 29 heavy (non-hydrogen) atoms. The molecule has 3 rings (SSSR count). The Hall–Kier alpha value is -2.55. The third kappa shape index (κ3) is 4.90. The maximum Gasteiger partial charge on any atom is 0.233 e. The summed E-state index contributed by atoms with van der Waals surface area (Å²) >= 11 is 1.40. The number of nitrogens with zero attached hydrogens (tertiary/aromatic N) is 5. The standard InChI is InChI=1S/C20H27N5O3S/c1-14(2)25-19(16-5-7-17(28-4)8-6-16)21-22-20(25)29-13-18(27)24-11-9-23(10-12-24)15(3)26/h5-8,14H,9-13H2,1-4H3. The largest absolute Gasteiger partial charge is 0.497 e. The van der Waals surface area contributed by atoms with E-state index in [1.165, 1.54) is 11.8 Å². The Bertz CT molecular complexity index is 858. The van der Waals surface area contributed by atoms with Crippen molar-refractivity contribution in [3.63, 3.8) is 0 Å². The van der Waals surface area contributed by atoms with E-state index in [4.69, 9.17) is 4.74 Å². The molecule has 1 aliphatic heterocycles. The van der Waals surface area contributed by atoms with Crippen molar-refractivity contribution in [2.75, 3.05) is 39.0 Å². The minimum absolute atomic E-state index is 0.0579. The van der Waals surface area contributed by atoms with Crippen molar-refractivity contribution in [1.82, 2.24) is 24.6 Å². The summed E-state index contributed by atoms with van der Waals surface area (Å²) in [5, 5.41) is 9.42. The van der Waals surface area contributed by atoms with Crippen LogP contribution >= 0.6 is 11.8 Å². The molecule has 1 aromatic carbocycles. The van der Waals surface area contributed by atoms with E-state index in [-0.39, 0.29) is 17.9 Å². The summed E-state index contributed by atoms with van der Waals surface area (Å²) in [4.78, 5) is 27.6. The highest BCUT2D eigenvalue weighted by Crippen LogP contribution is 2.29. The van der Waals surface area contributed by atoms with Gasteiger partial charge in [0, 0.05) is 44.7 Å². The lowest BCUT2D eigenvalue weighted by Gasteiger charge is -2.34. The number of ether oxygens (including phenoxy) is 1. The molecule has 1 aromatic heterocycles. The van der Waals surface area contributed by atoms with Crippen LogP contribution < -0.4 is 4.74 Å². The van der Waals surface area contributed by atoms with Gasteiger partial charge in [0.05, 0.1) is 12.9 Å². The minimum Gasteiger partial charge on any atom is -0.497 e. The fraction of sp³-hybridized carbons (Fsp3) is 0.500. The molecule has 1 aliphatic rings. The van der Waals surface area contributed by atoms with Crippen molar-refractivity contribution >= 4 is 23.6 Å². The SMILES string of the molecule is COc1ccc(-c2nnc(SCC(=O)N3CCN(C(C)=O)CC3)n2C(C)C)cc1. The fourth-order valence-electron chi connectivity index (χ4n) is 3.27. The van der Waals surface area contributed by atoms with Gasteiger partial charge in [0.25, 0.3) is 0 Å². The van der Waals surface area contributed by atoms with Gasteiger partial charge in [-0.1, -0.05) is 11.8 Å². The monoisotopic (exact) mass is 417 g/mol. The number of carbonyl (C=O) groups is 2. The number of hydrogen-bond donors (Lipinski definition) is 0. The highest BCUT2D eigenvalue weighted by Gasteiger charge is 2.24. The molecule has 2 aromatic rings. The zero-order valence-corrected chi connectivity index (χ0v) is 18.1. The highest BCUT2D eigenvalue weighted by molar-refractivity contribution is 7.99. The van der Waals surface area contributed by atoms with E-state index in [0.29, 0.717) is 31.9 Å². The maximum absolute atomic E-state index is 12.6. The molecule has 0 bridgehead atoms. The van der Waals surface area contributed by atoms with Crippen molar-refractivity contribution in [3.8, 4) is 17.1 Å². The number of aromatic nitrogens is 3. The predicted octanol–water partition coefficient (Wildman–Crippen LogP) is 2.32. The minimum atomic E-state index is 0.0579. The summed E-state index contributed by atoms with van der Waals surface area (Å²) in [5.74, 6) is 1.97. The summed E-state index contributed by atoms with van der Waals surface area (Å²) in [6, 6.07) is 7.85. The second-order valence-electron chi connectivity index (χ2n) is 7.17. The first kappa shape index (κ1) is 21.2. The van der Waals surface area contributed by atoms with E-state index in [9.17, 15) is 9.59 Å². The van der Waals surface area contributed by atoms with Gasteiger partial charge in [-0.2, -0.15) is 0 Å². The van der Waals surface area contributed by atoms with Crippen molar-refractivity contribution in [1.29, 1.82) is 0 Å². The summed E-state index contributed by atoms with van der Waals surface area (Å²) in [6.45, 7) is 8.05. The van der Waals surface area contributed by atoms with Crippen LogP contribution in [0.15, 0.2) is 29.4 Å². The van der Waals surface area contributed by atoms with E-state index in [0.717, 1.165) is 22.3 Å². The van der Waals surface area contributed by atoms with Gasteiger partial charge < -0.3 is 14.5 Å². The average Bonchev–Trinajstić information content (AvgIpc) is 3.16. The number of hydrogen-bond acceptors (Lipinski definition) is 6. The van der Waals surface area contributed by atoms with E-state index in [1.54, 1.807) is 18.9 Å². The molecular weight excluding hydrogens is 390 g/mol. The molecule has 0 aliphatic carbocycles. The third-order valence-corrected chi connectivity index (χ3v) is 5.86. The Morgan fingerprint density at radius 2 is 1.69 bits per heavy atom. The van der Waals surface area contributed by atoms with Gasteiger partial charge in [-0.15, -0.1) is 10.2 Å². The molecule has 0 spiro atoms. The van der Waals surface area contributed by atoms with Gasteiger partial charge >= 0.3 is 0 Å². The highest BCUT2D eigenvalue weighted by atomic mass is 32.2. The topological polar surface area (TPSA) is 80.6 Å². The van der Waals surface area contributed by atoms with Crippen LogP contribution in [0.2, 0.25) is 0 Å². The number of benzene rings is 1. The van der Waals surface area contributed by atoms with Crippen LogP contribution in [0.4, 0.5) is 0 Å². The quantitative estimate of drug-likeness (QED) is 0.671. The molecule has 156 valence electrons. The van der Waals surface area contributed by atoms with Crippen molar-refractivity contribution < 1.29 is 14.3 Å². The zero-order valence-electron chi connectivity index (χ0n) is 17.3. The number of thioether (sulfide) groups is 1. The van der Waals surface area contributed by atoms with Crippen LogP contribution in [0, 0.1) is 0 Å². The number of rotatable bonds is 6. The molecule has 2 heterocycles. The second-order valence-corrected chi connectivity index (χ2v) is 8.12. The molecule has 0 unspecified atom stereocenters. The smallest absolute Gasteiger partial charge is 0.233 e. The van der Waals surface area contributed by atoms with Gasteiger partial charge in [0.1, 0.15) is 5.75 Å². The molecule has 0 atom stereocenters. The van der Waals surface area contributed by atoms with Crippen molar-refractivity contribution in [3.05, 3.63) is 24.3 Å². The first-order chi connectivity index (χ1) is 13.9. The van der Waals surface area contributed by atoms with Crippen LogP contribution in [0.1, 0.15) is 26.8 Å². The van der Waals surface area contributed by atoms with E-state index < -0.39 is 0 Å². The van der Waals surface area contributed by atoms with Crippen LogP contribution in [-0.4, -0.2) is 75.4 Å². The number of carbonyl (C=O) groups excluding carboxylic acids is 2. The van der Waals surface area contributed by atoms with Gasteiger partial charge in [0.15, 0.2) is 11.0 Å². The number of amides is 2. The third-order valence-electron chi connectivity index (χ3n) is 4.93. The maximum atomic E-state index is 12.6. The van der Waals surface area contributed by atoms with Crippen molar-refractivity contribution in [2.45, 2.75) is 32.0 Å². The van der Waals surface area contributed by atoms with Crippen LogP contribution in [0.5, 0.6) is 5.75 Å². The van der Waals surface area contributed by atoms with Crippen LogP contribution in [-0.2, 0) is 9.59 Å². The molecule has 8 nitrogen and oxygen atoms in total. The second kappa shape index (κ2) is 9.30. The van der Waals surface area contributed by atoms with Gasteiger partial charge in [-0.3, -0.25) is 14.2 Å². The Balaban J connectivity index is 1.67. The Morgan fingerprint density at radius 3 is 2.24 bits per heavy atom. The van der Waals surface area contributed by atoms with E-state index in [2.05, 4.69) is 24.0 Å². The summed E-state index contributed by atoms with van der Waals surface area (Å²) < 4.78 is 7.27. The lowest BCUT2D eigenvalue weighted by molar-refractivity contribution is -0.136. The average molecular weight is 418 g/mol. The number of piperazine rings is 1. The molecule has 2 amide bonds. The van der Waals surface area contributed by atoms with E-state index in [1.807, 2.05) is 33.7 Å². The molecule has 0 radical (unpaired) electrons. The molecule has 9 heteroatoms.